The third-order valence-electron chi connectivity index (χ3n) is 30.4. The number of aromatic nitrogens is 2. The molecule has 29 aromatic rings. The smallest absolute Gasteiger partial charge is 0.0547 e. The van der Waals surface area contributed by atoms with Crippen LogP contribution in [0.1, 0.15) is 25.0 Å². The molecule has 668 valence electrons. The van der Waals surface area contributed by atoms with Crippen molar-refractivity contribution >= 4 is 173 Å². The Bertz CT molecular complexity index is 10200. The molecule has 0 spiro atoms. The summed E-state index contributed by atoms with van der Waals surface area (Å²) >= 11 is 0. The van der Waals surface area contributed by atoms with E-state index in [2.05, 4.69) is 557 Å². The standard InChI is InChI=1S/C42H27N.C36H23N.C33H24.C30H20/c1-2-11-33(12-3-1)43-40-17-9-8-15-36(40)39-26-31(24-25-41(39)43)28-18-20-30(21-19-28)38-27-32-23-22-29-10-4-5-13-34(29)42(32)37-16-7-6-14-35(37)38;1-2-12-26(13-3-1)37-33-19-9-8-17-31(33)36-30(18-10-20-34(36)37)32-23-25-22-21-24-11-4-5-14-27(24)35(25)29-16-7-6-15-28(29)32;1-33(2)29-16-8-7-14-27(29)32-26(15-9-17-30(32)33)28-20-22-19-18-21-10-3-4-11-23(21)31(22)25-13-6-5-12-24(25)28;1-3-9-21(10-4-1)23-17-18-26-24(19-23)15-16-25-20-29(22-11-5-2-6-12-22)27-13-7-8-14-28(27)30(25)26/h1-27H;1-23H;3-20H,1-2H3;1-20H. The summed E-state index contributed by atoms with van der Waals surface area (Å²) in [6.07, 6.45) is 0. The van der Waals surface area contributed by atoms with Crippen LogP contribution in [0.4, 0.5) is 0 Å². The van der Waals surface area contributed by atoms with Gasteiger partial charge >= 0.3 is 0 Å². The molecular weight excluding hydrogens is 1720 g/mol. The van der Waals surface area contributed by atoms with Crippen molar-refractivity contribution in [2.75, 3.05) is 0 Å². The zero-order valence-electron chi connectivity index (χ0n) is 79.2. The minimum atomic E-state index is 0.00475. The fourth-order valence-electron chi connectivity index (χ4n) is 23.9. The van der Waals surface area contributed by atoms with E-state index in [9.17, 15) is 0 Å². The molecule has 0 saturated carbocycles. The maximum atomic E-state index is 2.41. The third kappa shape index (κ3) is 14.1. The van der Waals surface area contributed by atoms with Gasteiger partial charge in [-0.1, -0.05) is 463 Å². The van der Waals surface area contributed by atoms with E-state index in [4.69, 9.17) is 0 Å². The lowest BCUT2D eigenvalue weighted by atomic mass is 9.81. The first-order valence-corrected chi connectivity index (χ1v) is 49.7. The maximum absolute atomic E-state index is 2.41. The van der Waals surface area contributed by atoms with Crippen molar-refractivity contribution in [1.82, 2.24) is 9.13 Å². The normalized spacial score (nSPS) is 12.2. The first-order chi connectivity index (χ1) is 70.7. The molecule has 0 fully saturated rings. The lowest BCUT2D eigenvalue weighted by Gasteiger charge is -2.22. The average molecular weight is 1820 g/mol. The lowest BCUT2D eigenvalue weighted by molar-refractivity contribution is 0.660. The molecule has 0 aliphatic heterocycles. The number of para-hydroxylation sites is 4. The third-order valence-corrected chi connectivity index (χ3v) is 30.4. The van der Waals surface area contributed by atoms with Gasteiger partial charge in [0.1, 0.15) is 0 Å². The molecule has 0 saturated heterocycles. The number of fused-ring (bicyclic) bond motifs is 29. The Morgan fingerprint density at radius 1 is 0.140 bits per heavy atom. The fraction of sp³-hybridized carbons (Fsp3) is 0.0213. The van der Waals surface area contributed by atoms with Crippen LogP contribution in [0.3, 0.4) is 0 Å². The summed E-state index contributed by atoms with van der Waals surface area (Å²) in [5.74, 6) is 0. The monoisotopic (exact) mass is 1810 g/mol. The van der Waals surface area contributed by atoms with Crippen molar-refractivity contribution in [3.05, 3.63) is 545 Å². The van der Waals surface area contributed by atoms with E-state index in [0.29, 0.717) is 0 Å². The molecule has 0 atom stereocenters. The highest BCUT2D eigenvalue weighted by Crippen LogP contribution is 2.55. The van der Waals surface area contributed by atoms with Gasteiger partial charge in [-0.15, -0.1) is 0 Å². The molecule has 0 unspecified atom stereocenters. The van der Waals surface area contributed by atoms with Crippen molar-refractivity contribution < 1.29 is 0 Å². The van der Waals surface area contributed by atoms with Gasteiger partial charge in [-0.05, 0) is 303 Å². The topological polar surface area (TPSA) is 9.86 Å². The minimum absolute atomic E-state index is 0.00475. The summed E-state index contributed by atoms with van der Waals surface area (Å²) in [5, 5.41) is 36.4. The van der Waals surface area contributed by atoms with Crippen LogP contribution in [0, 0.1) is 0 Å². The predicted molar refractivity (Wildman–Crippen MR) is 615 cm³/mol. The highest BCUT2D eigenvalue weighted by Gasteiger charge is 2.37. The number of hydrogen-bond donors (Lipinski definition) is 0. The largest absolute Gasteiger partial charge is 0.309 e. The van der Waals surface area contributed by atoms with Gasteiger partial charge in [-0.3, -0.25) is 0 Å². The predicted octanol–water partition coefficient (Wildman–Crippen LogP) is 39.1. The fourth-order valence-corrected chi connectivity index (χ4v) is 23.9. The molecule has 2 aromatic heterocycles. The highest BCUT2D eigenvalue weighted by atomic mass is 15.0. The Balaban J connectivity index is 0.0000000959. The zero-order valence-corrected chi connectivity index (χ0v) is 79.2. The summed E-state index contributed by atoms with van der Waals surface area (Å²) in [7, 11) is 0. The molecule has 1 aliphatic carbocycles. The molecule has 27 aromatic carbocycles. The van der Waals surface area contributed by atoms with Gasteiger partial charge in [-0.25, -0.2) is 0 Å². The van der Waals surface area contributed by atoms with Gasteiger partial charge in [0.15, 0.2) is 0 Å². The summed E-state index contributed by atoms with van der Waals surface area (Å²) in [6.45, 7) is 4.71. The molecule has 0 bridgehead atoms. The zero-order chi connectivity index (χ0) is 94.7. The molecule has 0 amide bonds. The summed E-state index contributed by atoms with van der Waals surface area (Å²) in [6, 6.07) is 195. The molecule has 2 heteroatoms. The Morgan fingerprint density at radius 2 is 0.448 bits per heavy atom. The van der Waals surface area contributed by atoms with Crippen LogP contribution < -0.4 is 0 Å². The Morgan fingerprint density at radius 3 is 0.972 bits per heavy atom. The van der Waals surface area contributed by atoms with Gasteiger partial charge in [0.25, 0.3) is 0 Å². The second-order valence-corrected chi connectivity index (χ2v) is 38.6. The molecule has 2 nitrogen and oxygen atoms in total. The lowest BCUT2D eigenvalue weighted by Crippen LogP contribution is -2.14. The summed E-state index contributed by atoms with van der Waals surface area (Å²) in [4.78, 5) is 0. The molecule has 30 rings (SSSR count). The number of nitrogens with zero attached hydrogens (tertiary/aromatic N) is 2. The quantitative estimate of drug-likeness (QED) is 0.134. The van der Waals surface area contributed by atoms with E-state index in [1.807, 2.05) is 0 Å². The first kappa shape index (κ1) is 84.0. The van der Waals surface area contributed by atoms with Crippen molar-refractivity contribution in [3.63, 3.8) is 0 Å². The molecular formula is C141H94N2. The first-order valence-electron chi connectivity index (χ1n) is 49.7. The highest BCUT2D eigenvalue weighted by molar-refractivity contribution is 6.29. The van der Waals surface area contributed by atoms with E-state index < -0.39 is 0 Å². The van der Waals surface area contributed by atoms with Gasteiger partial charge in [-0.2, -0.15) is 0 Å². The average Bonchev–Trinajstić information content (AvgIpc) is 1.59. The number of benzene rings is 27. The van der Waals surface area contributed by atoms with Crippen molar-refractivity contribution in [2.24, 2.45) is 0 Å². The summed E-state index contributed by atoms with van der Waals surface area (Å²) in [5.41, 5.74) is 28.1. The van der Waals surface area contributed by atoms with Crippen LogP contribution in [-0.2, 0) is 5.41 Å². The van der Waals surface area contributed by atoms with E-state index in [0.717, 1.165) is 0 Å². The molecule has 0 N–H and O–H groups in total. The van der Waals surface area contributed by atoms with Gasteiger partial charge in [0.05, 0.1) is 22.1 Å². The van der Waals surface area contributed by atoms with Crippen molar-refractivity contribution in [2.45, 2.75) is 19.3 Å². The van der Waals surface area contributed by atoms with Crippen LogP contribution in [0.2, 0.25) is 0 Å². The van der Waals surface area contributed by atoms with Crippen LogP contribution in [0.5, 0.6) is 0 Å². The SMILES string of the molecule is CC1(C)c2ccccc2-c2c(-c3cc4ccc5ccccc5c4c4ccccc34)cccc21.c1ccc(-c2ccc3c(ccc4cc(-c5ccccc5)c5ccccc5c43)c2)cc1.c1ccc(-n2c3ccccc3c3c(-c4cc5ccc6ccccc6c5c5ccccc45)cccc32)cc1.c1ccc(-n2c3ccccc3c3cc(-c4ccc(-c5cc6ccc7ccccc7c6c6ccccc56)cc4)ccc32)cc1. The van der Waals surface area contributed by atoms with Gasteiger partial charge in [0.2, 0.25) is 0 Å². The van der Waals surface area contributed by atoms with Crippen LogP contribution in [-0.4, -0.2) is 9.13 Å². The second kappa shape index (κ2) is 34.7. The summed E-state index contributed by atoms with van der Waals surface area (Å²) < 4.78 is 4.76. The second-order valence-electron chi connectivity index (χ2n) is 38.6. The molecule has 143 heavy (non-hydrogen) atoms. The number of rotatable bonds is 8. The number of hydrogen-bond acceptors (Lipinski definition) is 0. The molecule has 0 radical (unpaired) electrons. The minimum Gasteiger partial charge on any atom is -0.309 e. The Labute approximate surface area is 829 Å². The van der Waals surface area contributed by atoms with Crippen LogP contribution >= 0.6 is 0 Å². The van der Waals surface area contributed by atoms with Crippen molar-refractivity contribution in [1.29, 1.82) is 0 Å². The van der Waals surface area contributed by atoms with E-state index in [1.54, 1.807) is 0 Å². The molecule has 1 aliphatic rings. The molecule has 2 heterocycles. The van der Waals surface area contributed by atoms with E-state index >= 15 is 0 Å². The van der Waals surface area contributed by atoms with Crippen LogP contribution in [0.25, 0.3) is 262 Å². The van der Waals surface area contributed by atoms with Gasteiger partial charge in [0, 0.05) is 38.3 Å². The van der Waals surface area contributed by atoms with Gasteiger partial charge < -0.3 is 9.13 Å². The Hall–Kier alpha value is -18.3. The van der Waals surface area contributed by atoms with Crippen LogP contribution in [0.15, 0.2) is 534 Å². The Kier molecular flexibility index (Phi) is 20.4. The van der Waals surface area contributed by atoms with E-state index in [1.165, 1.54) is 273 Å². The van der Waals surface area contributed by atoms with E-state index in [-0.39, 0.29) is 5.41 Å². The van der Waals surface area contributed by atoms with Crippen molar-refractivity contribution in [3.8, 4) is 89.3 Å². The maximum Gasteiger partial charge on any atom is 0.0547 e.